The van der Waals surface area contributed by atoms with Gasteiger partial charge in [0.2, 0.25) is 0 Å². The molecule has 1 amide bonds. The SMILES string of the molecule is CCOc1ccc(C(=O)N(Cc2ccccc2)Cc2ccco2)cc1. The molecule has 0 aliphatic heterocycles. The lowest BCUT2D eigenvalue weighted by Gasteiger charge is -2.22. The lowest BCUT2D eigenvalue weighted by Crippen LogP contribution is -2.30. The maximum atomic E-state index is 13.0. The fraction of sp³-hybridized carbons (Fsp3) is 0.190. The van der Waals surface area contributed by atoms with Gasteiger partial charge in [-0.05, 0) is 48.9 Å². The summed E-state index contributed by atoms with van der Waals surface area (Å²) in [4.78, 5) is 14.8. The van der Waals surface area contributed by atoms with Crippen molar-refractivity contribution in [1.82, 2.24) is 4.90 Å². The van der Waals surface area contributed by atoms with Gasteiger partial charge in [0.05, 0.1) is 19.4 Å². The molecule has 4 heteroatoms. The van der Waals surface area contributed by atoms with E-state index in [0.29, 0.717) is 25.3 Å². The van der Waals surface area contributed by atoms with Gasteiger partial charge >= 0.3 is 0 Å². The van der Waals surface area contributed by atoms with E-state index in [1.165, 1.54) is 0 Å². The third-order valence-electron chi connectivity index (χ3n) is 3.84. The highest BCUT2D eigenvalue weighted by molar-refractivity contribution is 5.94. The molecule has 0 fully saturated rings. The zero-order valence-electron chi connectivity index (χ0n) is 14.2. The smallest absolute Gasteiger partial charge is 0.254 e. The Bertz CT molecular complexity index is 780. The van der Waals surface area contributed by atoms with Gasteiger partial charge < -0.3 is 14.1 Å². The first-order valence-electron chi connectivity index (χ1n) is 8.34. The Kier molecular flexibility index (Phi) is 5.52. The number of rotatable bonds is 7. The van der Waals surface area contributed by atoms with Crippen molar-refractivity contribution in [3.63, 3.8) is 0 Å². The third kappa shape index (κ3) is 4.51. The summed E-state index contributed by atoms with van der Waals surface area (Å²) in [5, 5.41) is 0. The van der Waals surface area contributed by atoms with Crippen LogP contribution in [0.15, 0.2) is 77.4 Å². The minimum Gasteiger partial charge on any atom is -0.494 e. The zero-order valence-corrected chi connectivity index (χ0v) is 14.2. The van der Waals surface area contributed by atoms with Crippen LogP contribution in [0.5, 0.6) is 5.75 Å². The molecule has 0 aliphatic carbocycles. The van der Waals surface area contributed by atoms with E-state index in [1.807, 2.05) is 61.5 Å². The van der Waals surface area contributed by atoms with Crippen LogP contribution in [0.1, 0.15) is 28.6 Å². The molecule has 3 aromatic rings. The number of furan rings is 1. The average Bonchev–Trinajstić information content (AvgIpc) is 3.15. The van der Waals surface area contributed by atoms with Crippen LogP contribution in [0.4, 0.5) is 0 Å². The number of ether oxygens (including phenoxy) is 1. The molecule has 0 saturated heterocycles. The van der Waals surface area contributed by atoms with Crippen LogP contribution in [0.3, 0.4) is 0 Å². The van der Waals surface area contributed by atoms with Crippen molar-refractivity contribution in [3.05, 3.63) is 89.9 Å². The summed E-state index contributed by atoms with van der Waals surface area (Å²) in [6.45, 7) is 3.48. The molecule has 0 saturated carbocycles. The Morgan fingerprint density at radius 1 is 0.960 bits per heavy atom. The molecule has 0 atom stereocenters. The van der Waals surface area contributed by atoms with E-state index in [4.69, 9.17) is 9.15 Å². The molecule has 0 N–H and O–H groups in total. The summed E-state index contributed by atoms with van der Waals surface area (Å²) < 4.78 is 10.9. The van der Waals surface area contributed by atoms with Crippen molar-refractivity contribution in [1.29, 1.82) is 0 Å². The quantitative estimate of drug-likeness (QED) is 0.637. The van der Waals surface area contributed by atoms with Gasteiger partial charge in [-0.2, -0.15) is 0 Å². The van der Waals surface area contributed by atoms with E-state index in [9.17, 15) is 4.79 Å². The topological polar surface area (TPSA) is 42.7 Å². The first-order chi connectivity index (χ1) is 12.3. The molecule has 0 radical (unpaired) electrons. The molecule has 0 spiro atoms. The summed E-state index contributed by atoms with van der Waals surface area (Å²) >= 11 is 0. The van der Waals surface area contributed by atoms with Gasteiger partial charge in [-0.3, -0.25) is 4.79 Å². The van der Waals surface area contributed by atoms with Gasteiger partial charge in [-0.1, -0.05) is 30.3 Å². The third-order valence-corrected chi connectivity index (χ3v) is 3.84. The van der Waals surface area contributed by atoms with Crippen LogP contribution >= 0.6 is 0 Å². The largest absolute Gasteiger partial charge is 0.494 e. The number of amides is 1. The summed E-state index contributed by atoms with van der Waals surface area (Å²) in [7, 11) is 0. The van der Waals surface area contributed by atoms with Crippen LogP contribution in [-0.4, -0.2) is 17.4 Å². The molecule has 4 nitrogen and oxygen atoms in total. The van der Waals surface area contributed by atoms with E-state index in [2.05, 4.69) is 0 Å². The van der Waals surface area contributed by atoms with Gasteiger partial charge in [0, 0.05) is 12.1 Å². The summed E-state index contributed by atoms with van der Waals surface area (Å²) in [5.41, 5.74) is 1.71. The molecule has 1 aromatic heterocycles. The standard InChI is InChI=1S/C21H21NO3/c1-2-24-19-12-10-18(11-13-19)21(23)22(16-20-9-6-14-25-20)15-17-7-4-3-5-8-17/h3-14H,2,15-16H2,1H3. The number of nitrogens with zero attached hydrogens (tertiary/aromatic N) is 1. The molecule has 0 bridgehead atoms. The van der Waals surface area contributed by atoms with E-state index >= 15 is 0 Å². The molecule has 1 heterocycles. The molecule has 25 heavy (non-hydrogen) atoms. The monoisotopic (exact) mass is 335 g/mol. The normalized spacial score (nSPS) is 10.4. The van der Waals surface area contributed by atoms with Crippen molar-refractivity contribution >= 4 is 5.91 Å². The second kappa shape index (κ2) is 8.20. The van der Waals surface area contributed by atoms with E-state index in [0.717, 1.165) is 17.1 Å². The van der Waals surface area contributed by atoms with Crippen molar-refractivity contribution in [2.24, 2.45) is 0 Å². The Morgan fingerprint density at radius 2 is 1.72 bits per heavy atom. The highest BCUT2D eigenvalue weighted by Gasteiger charge is 2.18. The lowest BCUT2D eigenvalue weighted by atomic mass is 10.1. The number of carbonyl (C=O) groups excluding carboxylic acids is 1. The Labute approximate surface area is 147 Å². The van der Waals surface area contributed by atoms with Crippen LogP contribution in [0.25, 0.3) is 0 Å². The molecule has 0 aliphatic rings. The zero-order chi connectivity index (χ0) is 17.5. The van der Waals surface area contributed by atoms with Crippen LogP contribution < -0.4 is 4.74 Å². The fourth-order valence-corrected chi connectivity index (χ4v) is 2.64. The fourth-order valence-electron chi connectivity index (χ4n) is 2.64. The van der Waals surface area contributed by atoms with Gasteiger partial charge in [0.15, 0.2) is 0 Å². The highest BCUT2D eigenvalue weighted by atomic mass is 16.5. The minimum absolute atomic E-state index is 0.0386. The van der Waals surface area contributed by atoms with Crippen molar-refractivity contribution < 1.29 is 13.9 Å². The maximum absolute atomic E-state index is 13.0. The van der Waals surface area contributed by atoms with Crippen molar-refractivity contribution in [3.8, 4) is 5.75 Å². The van der Waals surface area contributed by atoms with Gasteiger partial charge in [0.1, 0.15) is 11.5 Å². The number of hydrogen-bond acceptors (Lipinski definition) is 3. The van der Waals surface area contributed by atoms with Crippen LogP contribution in [0, 0.1) is 0 Å². The van der Waals surface area contributed by atoms with Crippen LogP contribution in [0.2, 0.25) is 0 Å². The van der Waals surface area contributed by atoms with Crippen molar-refractivity contribution in [2.75, 3.05) is 6.61 Å². The van der Waals surface area contributed by atoms with Gasteiger partial charge in [-0.25, -0.2) is 0 Å². The van der Waals surface area contributed by atoms with Gasteiger partial charge in [0.25, 0.3) is 5.91 Å². The second-order valence-corrected chi connectivity index (χ2v) is 5.68. The second-order valence-electron chi connectivity index (χ2n) is 5.68. The first kappa shape index (κ1) is 16.8. The number of carbonyl (C=O) groups is 1. The molecular weight excluding hydrogens is 314 g/mol. The Morgan fingerprint density at radius 3 is 2.36 bits per heavy atom. The van der Waals surface area contributed by atoms with Crippen molar-refractivity contribution in [2.45, 2.75) is 20.0 Å². The van der Waals surface area contributed by atoms with E-state index in [1.54, 1.807) is 23.3 Å². The van der Waals surface area contributed by atoms with E-state index in [-0.39, 0.29) is 5.91 Å². The maximum Gasteiger partial charge on any atom is 0.254 e. The highest BCUT2D eigenvalue weighted by Crippen LogP contribution is 2.17. The summed E-state index contributed by atoms with van der Waals surface area (Å²) in [6, 6.07) is 20.9. The minimum atomic E-state index is -0.0386. The predicted molar refractivity (Wildman–Crippen MR) is 96.3 cm³/mol. The Hall–Kier alpha value is -3.01. The number of hydrogen-bond donors (Lipinski definition) is 0. The number of benzene rings is 2. The molecule has 2 aromatic carbocycles. The lowest BCUT2D eigenvalue weighted by molar-refractivity contribution is 0.0717. The summed E-state index contributed by atoms with van der Waals surface area (Å²) in [6.07, 6.45) is 1.62. The predicted octanol–water partition coefficient (Wildman–Crippen LogP) is 4.52. The molecule has 128 valence electrons. The molecule has 3 rings (SSSR count). The van der Waals surface area contributed by atoms with Crippen LogP contribution in [-0.2, 0) is 13.1 Å². The first-order valence-corrected chi connectivity index (χ1v) is 8.34. The molecular formula is C21H21NO3. The molecule has 0 unspecified atom stereocenters. The van der Waals surface area contributed by atoms with E-state index < -0.39 is 0 Å². The average molecular weight is 335 g/mol. The van der Waals surface area contributed by atoms with Gasteiger partial charge in [-0.15, -0.1) is 0 Å². The summed E-state index contributed by atoms with van der Waals surface area (Å²) in [5.74, 6) is 1.48. The Balaban J connectivity index is 1.80.